The second-order valence-corrected chi connectivity index (χ2v) is 28.9. The summed E-state index contributed by atoms with van der Waals surface area (Å²) in [7, 11) is 0. The molecule has 8 aliphatic carbocycles. The van der Waals surface area contributed by atoms with E-state index >= 15 is 0 Å². The Hall–Kier alpha value is 2.18. The van der Waals surface area contributed by atoms with Gasteiger partial charge in [0.1, 0.15) is 0 Å². The first-order valence-corrected chi connectivity index (χ1v) is 31.3. The van der Waals surface area contributed by atoms with E-state index in [1.54, 1.807) is 47.0 Å². The number of thioether (sulfide) groups is 10. The number of hydrogen-bond donors (Lipinski definition) is 0. The SMILES string of the molecule is O=C1SCCSCCSCCSCCSC(=O)C23CC4CC(C2)CC(C4)(C3)C(=O)SCCSCCSCCSCCSC(=O)C23CC4CC(CC1(C4)C2)C3. The Bertz CT molecular complexity index is 1120. The lowest BCUT2D eigenvalue weighted by Crippen LogP contribution is -2.56. The van der Waals surface area contributed by atoms with E-state index in [4.69, 9.17) is 0 Å². The van der Waals surface area contributed by atoms with Crippen LogP contribution in [0, 0.1) is 45.3 Å². The van der Waals surface area contributed by atoms with E-state index < -0.39 is 0 Å². The van der Waals surface area contributed by atoms with Crippen molar-refractivity contribution in [3.05, 3.63) is 0 Å². The molecule has 9 aliphatic rings. The third kappa shape index (κ3) is 11.0. The Balaban J connectivity index is 0.868. The van der Waals surface area contributed by atoms with Gasteiger partial charge in [0.2, 0.25) is 0 Å². The maximum absolute atomic E-state index is 13.8. The van der Waals surface area contributed by atoms with Crippen LogP contribution in [-0.2, 0) is 19.2 Å². The average Bonchev–Trinajstić information content (AvgIpc) is 3.13. The molecule has 4 spiro atoms. The van der Waals surface area contributed by atoms with Crippen molar-refractivity contribution in [3.8, 4) is 0 Å². The van der Waals surface area contributed by atoms with Crippen LogP contribution in [0.3, 0.4) is 0 Å². The topological polar surface area (TPSA) is 68.3 Å². The van der Waals surface area contributed by atoms with Crippen LogP contribution in [0.15, 0.2) is 0 Å². The molecular formula is C40H60O4S10. The van der Waals surface area contributed by atoms with Crippen molar-refractivity contribution in [3.63, 3.8) is 0 Å². The second-order valence-electron chi connectivity index (χ2n) is 17.3. The highest BCUT2D eigenvalue weighted by Gasteiger charge is 2.64. The molecule has 0 aromatic carbocycles. The lowest BCUT2D eigenvalue weighted by atomic mass is 9.44. The van der Waals surface area contributed by atoms with Crippen LogP contribution in [0.25, 0.3) is 0 Å². The summed E-state index contributed by atoms with van der Waals surface area (Å²) >= 11 is 18.2. The van der Waals surface area contributed by atoms with E-state index in [0.29, 0.717) is 44.1 Å². The van der Waals surface area contributed by atoms with Crippen molar-refractivity contribution < 1.29 is 19.2 Å². The molecule has 1 aliphatic heterocycles. The zero-order valence-electron chi connectivity index (χ0n) is 31.8. The Kier molecular flexibility index (Phi) is 17.1. The van der Waals surface area contributed by atoms with Gasteiger partial charge in [0.05, 0.1) is 0 Å². The van der Waals surface area contributed by atoms with Gasteiger partial charge in [0, 0.05) is 114 Å². The molecule has 1 saturated heterocycles. The van der Waals surface area contributed by atoms with Crippen molar-refractivity contribution >= 4 is 138 Å². The predicted octanol–water partition coefficient (Wildman–Crippen LogP) is 10.6. The fourth-order valence-corrected chi connectivity index (χ4v) is 23.1. The number of hydrogen-bond acceptors (Lipinski definition) is 14. The monoisotopic (exact) mass is 924 g/mol. The lowest BCUT2D eigenvalue weighted by Gasteiger charge is -2.60. The third-order valence-corrected chi connectivity index (χ3v) is 25.6. The second kappa shape index (κ2) is 20.8. The first-order chi connectivity index (χ1) is 26.2. The van der Waals surface area contributed by atoms with E-state index in [9.17, 15) is 19.2 Å². The summed E-state index contributed by atoms with van der Waals surface area (Å²) in [6.07, 6.45) is 12.3. The molecular weight excluding hydrogens is 865 g/mol. The quantitative estimate of drug-likeness (QED) is 0.232. The molecule has 0 aromatic heterocycles. The largest absolute Gasteiger partial charge is 0.287 e. The predicted molar refractivity (Wildman–Crippen MR) is 253 cm³/mol. The maximum Gasteiger partial charge on any atom is 0.195 e. The van der Waals surface area contributed by atoms with Gasteiger partial charge in [-0.2, -0.15) is 70.6 Å². The molecule has 1 heterocycles. The molecule has 4 nitrogen and oxygen atoms in total. The Morgan fingerprint density at radius 1 is 0.296 bits per heavy atom. The van der Waals surface area contributed by atoms with Gasteiger partial charge in [-0.1, -0.05) is 47.0 Å². The molecule has 8 bridgehead atoms. The summed E-state index contributed by atoms with van der Waals surface area (Å²) in [5.41, 5.74) is -0.990. The first kappa shape index (κ1) is 44.2. The molecule has 0 radical (unpaired) electrons. The van der Waals surface area contributed by atoms with Gasteiger partial charge in [-0.05, 0) is 101 Å². The van der Waals surface area contributed by atoms with Crippen LogP contribution in [0.1, 0.15) is 77.0 Å². The maximum atomic E-state index is 13.8. The number of carbonyl (C=O) groups excluding carboxylic acids is 4. The standard InChI is InChI=1S/C40H60O4S10/c41-33-37-19-29-17-30(20-37)22-38(21-29,27-37)35(43)53-15-11-49-7-3-46-4-8-50-12-16-54-36(44)40-25-31-18-32(26-40)24-39(23-31,28-40)34(42)52-14-10-48-6-2-45-1-5-47-9-13-51-33/h29-32H,1-28H2. The zero-order valence-corrected chi connectivity index (χ0v) is 40.0. The highest BCUT2D eigenvalue weighted by Crippen LogP contribution is 2.68. The van der Waals surface area contributed by atoms with Crippen LogP contribution < -0.4 is 0 Å². The van der Waals surface area contributed by atoms with Gasteiger partial charge in [0.25, 0.3) is 0 Å². The molecule has 0 atom stereocenters. The van der Waals surface area contributed by atoms with Gasteiger partial charge >= 0.3 is 0 Å². The van der Waals surface area contributed by atoms with Crippen molar-refractivity contribution in [2.75, 3.05) is 92.0 Å². The third-order valence-electron chi connectivity index (χ3n) is 13.2. The normalized spacial score (nSPS) is 41.9. The summed E-state index contributed by atoms with van der Waals surface area (Å²) in [6.45, 7) is 0. The van der Waals surface area contributed by atoms with Gasteiger partial charge in [0.15, 0.2) is 20.5 Å². The molecule has 0 unspecified atom stereocenters. The Labute approximate surface area is 368 Å². The molecule has 8 saturated carbocycles. The summed E-state index contributed by atoms with van der Waals surface area (Å²) in [5.74, 6) is 19.0. The summed E-state index contributed by atoms with van der Waals surface area (Å²) in [5, 5.41) is 1.60. The van der Waals surface area contributed by atoms with Crippen LogP contribution >= 0.6 is 118 Å². The fraction of sp³-hybridized carbons (Fsp3) is 0.900. The van der Waals surface area contributed by atoms with Crippen LogP contribution in [0.5, 0.6) is 0 Å². The van der Waals surface area contributed by atoms with Gasteiger partial charge < -0.3 is 0 Å². The van der Waals surface area contributed by atoms with E-state index in [2.05, 4.69) is 0 Å². The van der Waals surface area contributed by atoms with E-state index in [1.165, 1.54) is 12.8 Å². The van der Waals surface area contributed by atoms with Crippen molar-refractivity contribution in [1.29, 1.82) is 0 Å². The molecule has 9 rings (SSSR count). The summed E-state index contributed by atoms with van der Waals surface area (Å²) in [6, 6.07) is 0. The first-order valence-electron chi connectivity index (χ1n) is 20.4. The van der Waals surface area contributed by atoms with E-state index in [1.807, 2.05) is 70.6 Å². The number of carbonyl (C=O) groups is 4. The van der Waals surface area contributed by atoms with Crippen molar-refractivity contribution in [1.82, 2.24) is 0 Å². The minimum atomic E-state index is -0.247. The van der Waals surface area contributed by atoms with Crippen LogP contribution in [0.4, 0.5) is 0 Å². The van der Waals surface area contributed by atoms with Gasteiger partial charge in [-0.15, -0.1) is 0 Å². The Morgan fingerprint density at radius 3 is 0.685 bits per heavy atom. The molecule has 9 fully saturated rings. The number of rotatable bonds is 0. The van der Waals surface area contributed by atoms with Crippen LogP contribution in [0.2, 0.25) is 0 Å². The lowest BCUT2D eigenvalue weighted by molar-refractivity contribution is -0.154. The molecule has 0 N–H and O–H groups in total. The minimum absolute atomic E-state index is 0.247. The average molecular weight is 926 g/mol. The highest BCUT2D eigenvalue weighted by molar-refractivity contribution is 8.15. The van der Waals surface area contributed by atoms with Crippen molar-refractivity contribution in [2.24, 2.45) is 45.3 Å². The van der Waals surface area contributed by atoms with E-state index in [-0.39, 0.29) is 21.7 Å². The summed E-state index contributed by atoms with van der Waals surface area (Å²) < 4.78 is 0. The molecule has 54 heavy (non-hydrogen) atoms. The van der Waals surface area contributed by atoms with Crippen LogP contribution in [-0.4, -0.2) is 113 Å². The highest BCUT2D eigenvalue weighted by atomic mass is 32.2. The van der Waals surface area contributed by atoms with Gasteiger partial charge in [-0.3, -0.25) is 19.2 Å². The molecule has 304 valence electrons. The van der Waals surface area contributed by atoms with E-state index in [0.717, 1.165) is 156 Å². The Morgan fingerprint density at radius 2 is 0.481 bits per heavy atom. The minimum Gasteiger partial charge on any atom is -0.287 e. The zero-order chi connectivity index (χ0) is 37.5. The molecule has 0 amide bonds. The molecule has 14 heteroatoms. The van der Waals surface area contributed by atoms with Crippen molar-refractivity contribution in [2.45, 2.75) is 77.0 Å². The fourth-order valence-electron chi connectivity index (χ4n) is 11.9. The summed E-state index contributed by atoms with van der Waals surface area (Å²) in [4.78, 5) is 55.2. The van der Waals surface area contributed by atoms with Gasteiger partial charge in [-0.25, -0.2) is 0 Å². The smallest absolute Gasteiger partial charge is 0.195 e. The molecule has 0 aromatic rings.